The normalized spacial score (nSPS) is 20.8. The van der Waals surface area contributed by atoms with E-state index in [-0.39, 0.29) is 38.2 Å². The molecule has 0 saturated carbocycles. The molecule has 1 aliphatic rings. The van der Waals surface area contributed by atoms with Crippen molar-refractivity contribution in [2.45, 2.75) is 25.7 Å². The van der Waals surface area contributed by atoms with Crippen LogP contribution in [-0.4, -0.2) is 59.8 Å². The number of hydrogen-bond acceptors (Lipinski definition) is 5. The van der Waals surface area contributed by atoms with Gasteiger partial charge in [0.1, 0.15) is 5.76 Å². The number of aliphatic carboxylic acids is 1. The molecule has 3 N–H and O–H groups in total. The molecule has 0 spiro atoms. The van der Waals surface area contributed by atoms with Gasteiger partial charge >= 0.3 is 12.0 Å². The van der Waals surface area contributed by atoms with E-state index < -0.39 is 18.1 Å². The van der Waals surface area contributed by atoms with Gasteiger partial charge in [-0.15, -0.1) is 0 Å². The molecule has 0 bridgehead atoms. The highest BCUT2D eigenvalue weighted by atomic mass is 16.5. The summed E-state index contributed by atoms with van der Waals surface area (Å²) in [7, 11) is 0. The molecule has 0 aromatic carbocycles. The molecule has 2 heterocycles. The molecule has 1 aromatic rings. The van der Waals surface area contributed by atoms with Gasteiger partial charge in [-0.2, -0.15) is 0 Å². The van der Waals surface area contributed by atoms with Crippen LogP contribution in [0.25, 0.3) is 0 Å². The van der Waals surface area contributed by atoms with Gasteiger partial charge in [-0.05, 0) is 19.1 Å². The van der Waals surface area contributed by atoms with E-state index in [0.29, 0.717) is 5.76 Å². The fraction of sp³-hybridized carbons (Fsp3) is 0.500. The molecule has 1 saturated heterocycles. The Morgan fingerprint density at radius 1 is 1.35 bits per heavy atom. The second kappa shape index (κ2) is 7.63. The van der Waals surface area contributed by atoms with Crippen molar-refractivity contribution in [1.82, 2.24) is 15.5 Å². The van der Waals surface area contributed by atoms with Crippen molar-refractivity contribution < 1.29 is 28.6 Å². The van der Waals surface area contributed by atoms with Crippen molar-refractivity contribution in [2.75, 3.05) is 19.6 Å². The largest absolute Gasteiger partial charge is 0.479 e. The summed E-state index contributed by atoms with van der Waals surface area (Å²) in [6.45, 7) is 1.94. The Balaban J connectivity index is 1.75. The van der Waals surface area contributed by atoms with Crippen LogP contribution in [0.1, 0.15) is 12.7 Å². The molecular formula is C14H19N3O6. The van der Waals surface area contributed by atoms with Crippen molar-refractivity contribution in [1.29, 1.82) is 0 Å². The van der Waals surface area contributed by atoms with E-state index >= 15 is 0 Å². The summed E-state index contributed by atoms with van der Waals surface area (Å²) in [6.07, 6.45) is 0.0775. The van der Waals surface area contributed by atoms with Crippen molar-refractivity contribution in [3.05, 3.63) is 24.2 Å². The van der Waals surface area contributed by atoms with Crippen LogP contribution in [0.15, 0.2) is 22.8 Å². The van der Waals surface area contributed by atoms with Crippen LogP contribution in [0.2, 0.25) is 0 Å². The second-order valence-electron chi connectivity index (χ2n) is 5.19. The Labute approximate surface area is 132 Å². The second-order valence-corrected chi connectivity index (χ2v) is 5.19. The number of furan rings is 1. The standard InChI is InChI=1S/C14H19N3O6/c1-9-7-17(8-11(23-9)13(19)20)12(18)6-16-14(21)15-5-10-3-2-4-22-10/h2-4,9,11H,5-8H2,1H3,(H,19,20)(H2,15,16,21)/t9-,11?/m1/s1. The molecule has 1 aliphatic heterocycles. The van der Waals surface area contributed by atoms with Gasteiger partial charge in [0.15, 0.2) is 6.10 Å². The van der Waals surface area contributed by atoms with Crippen LogP contribution >= 0.6 is 0 Å². The molecule has 9 heteroatoms. The van der Waals surface area contributed by atoms with Gasteiger partial charge in [-0.3, -0.25) is 4.79 Å². The first-order chi connectivity index (χ1) is 11.0. The third kappa shape index (κ3) is 4.99. The van der Waals surface area contributed by atoms with E-state index in [1.807, 2.05) is 0 Å². The molecular weight excluding hydrogens is 306 g/mol. The number of hydrogen-bond donors (Lipinski definition) is 3. The summed E-state index contributed by atoms with van der Waals surface area (Å²) in [4.78, 5) is 36.0. The number of nitrogens with zero attached hydrogens (tertiary/aromatic N) is 1. The predicted octanol–water partition coefficient (Wildman–Crippen LogP) is -0.221. The molecule has 0 aliphatic carbocycles. The first-order valence-electron chi connectivity index (χ1n) is 7.16. The van der Waals surface area contributed by atoms with Crippen LogP contribution in [-0.2, 0) is 20.9 Å². The highest BCUT2D eigenvalue weighted by Gasteiger charge is 2.32. The van der Waals surface area contributed by atoms with Crippen LogP contribution in [0.3, 0.4) is 0 Å². The molecule has 9 nitrogen and oxygen atoms in total. The number of amides is 3. The van der Waals surface area contributed by atoms with Crippen LogP contribution in [0, 0.1) is 0 Å². The molecule has 1 unspecified atom stereocenters. The van der Waals surface area contributed by atoms with E-state index in [2.05, 4.69) is 10.6 Å². The van der Waals surface area contributed by atoms with Gasteiger partial charge in [0.2, 0.25) is 5.91 Å². The van der Waals surface area contributed by atoms with E-state index in [1.54, 1.807) is 19.1 Å². The van der Waals surface area contributed by atoms with Crippen LogP contribution < -0.4 is 10.6 Å². The summed E-state index contributed by atoms with van der Waals surface area (Å²) < 4.78 is 10.3. The molecule has 3 amide bonds. The SMILES string of the molecule is C[C@@H]1CN(C(=O)CNC(=O)NCc2ccco2)CC(C(=O)O)O1. The minimum absolute atomic E-state index is 0.0335. The number of urea groups is 1. The Morgan fingerprint density at radius 2 is 2.13 bits per heavy atom. The minimum atomic E-state index is -1.11. The molecule has 1 aromatic heterocycles. The van der Waals surface area contributed by atoms with Crippen molar-refractivity contribution >= 4 is 17.9 Å². The fourth-order valence-electron chi connectivity index (χ4n) is 2.20. The van der Waals surface area contributed by atoms with Gasteiger partial charge in [-0.25, -0.2) is 9.59 Å². The molecule has 2 rings (SSSR count). The van der Waals surface area contributed by atoms with Gasteiger partial charge < -0.3 is 29.8 Å². The lowest BCUT2D eigenvalue weighted by atomic mass is 10.2. The highest BCUT2D eigenvalue weighted by molar-refractivity contribution is 5.84. The number of carboxylic acid groups (broad SMARTS) is 1. The zero-order valence-corrected chi connectivity index (χ0v) is 12.7. The fourth-order valence-corrected chi connectivity index (χ4v) is 2.20. The van der Waals surface area contributed by atoms with E-state index in [1.165, 1.54) is 11.2 Å². The average Bonchev–Trinajstić information content (AvgIpc) is 3.03. The number of rotatable bonds is 5. The average molecular weight is 325 g/mol. The first kappa shape index (κ1) is 16.8. The summed E-state index contributed by atoms with van der Waals surface area (Å²) in [5.41, 5.74) is 0. The molecule has 1 fully saturated rings. The molecule has 23 heavy (non-hydrogen) atoms. The lowest BCUT2D eigenvalue weighted by molar-refractivity contribution is -0.166. The maximum absolute atomic E-state index is 12.1. The third-order valence-electron chi connectivity index (χ3n) is 3.29. The number of carboxylic acids is 1. The first-order valence-corrected chi connectivity index (χ1v) is 7.16. The number of carbonyl (C=O) groups is 3. The van der Waals surface area contributed by atoms with E-state index in [0.717, 1.165) is 0 Å². The van der Waals surface area contributed by atoms with Gasteiger partial charge in [0.25, 0.3) is 0 Å². The zero-order chi connectivity index (χ0) is 16.8. The van der Waals surface area contributed by atoms with Crippen LogP contribution in [0.4, 0.5) is 4.79 Å². The lowest BCUT2D eigenvalue weighted by Crippen LogP contribution is -2.54. The molecule has 126 valence electrons. The smallest absolute Gasteiger partial charge is 0.334 e. The Morgan fingerprint density at radius 3 is 2.78 bits per heavy atom. The number of morpholine rings is 1. The summed E-state index contributed by atoms with van der Waals surface area (Å²) in [5, 5.41) is 14.0. The zero-order valence-electron chi connectivity index (χ0n) is 12.7. The minimum Gasteiger partial charge on any atom is -0.479 e. The maximum Gasteiger partial charge on any atom is 0.334 e. The molecule has 2 atom stereocenters. The summed E-state index contributed by atoms with van der Waals surface area (Å²) in [5.74, 6) is -0.879. The van der Waals surface area contributed by atoms with E-state index in [9.17, 15) is 14.4 Å². The van der Waals surface area contributed by atoms with Crippen molar-refractivity contribution in [3.8, 4) is 0 Å². The summed E-state index contributed by atoms with van der Waals surface area (Å²) >= 11 is 0. The Bertz CT molecular complexity index is 559. The highest BCUT2D eigenvalue weighted by Crippen LogP contribution is 2.11. The topological polar surface area (TPSA) is 121 Å². The quantitative estimate of drug-likeness (QED) is 0.688. The number of ether oxygens (including phenoxy) is 1. The number of carbonyl (C=O) groups excluding carboxylic acids is 2. The maximum atomic E-state index is 12.1. The lowest BCUT2D eigenvalue weighted by Gasteiger charge is -2.34. The Kier molecular flexibility index (Phi) is 5.58. The van der Waals surface area contributed by atoms with Gasteiger partial charge in [-0.1, -0.05) is 0 Å². The van der Waals surface area contributed by atoms with Gasteiger partial charge in [0.05, 0.1) is 32.0 Å². The predicted molar refractivity (Wildman–Crippen MR) is 77.5 cm³/mol. The summed E-state index contributed by atoms with van der Waals surface area (Å²) in [6, 6.07) is 2.91. The van der Waals surface area contributed by atoms with Gasteiger partial charge in [0, 0.05) is 6.54 Å². The van der Waals surface area contributed by atoms with Crippen molar-refractivity contribution in [3.63, 3.8) is 0 Å². The monoisotopic (exact) mass is 325 g/mol. The third-order valence-corrected chi connectivity index (χ3v) is 3.29. The van der Waals surface area contributed by atoms with Crippen LogP contribution in [0.5, 0.6) is 0 Å². The van der Waals surface area contributed by atoms with Crippen molar-refractivity contribution in [2.24, 2.45) is 0 Å². The van der Waals surface area contributed by atoms with E-state index in [4.69, 9.17) is 14.3 Å². The molecule has 0 radical (unpaired) electrons. The number of nitrogens with one attached hydrogen (secondary N) is 2. The Hall–Kier alpha value is -2.55.